The predicted octanol–water partition coefficient (Wildman–Crippen LogP) is -0.382. The minimum atomic E-state index is -0.406. The number of hydrogen-bond donors (Lipinski definition) is 2. The fraction of sp³-hybridized carbons (Fsp3) is 0.846. The van der Waals surface area contributed by atoms with Gasteiger partial charge < -0.3 is 20.7 Å². The normalized spacial score (nSPS) is 31.3. The number of nitrogens with zero attached hydrogens (tertiary/aromatic N) is 1. The first-order valence-corrected chi connectivity index (χ1v) is 6.96. The van der Waals surface area contributed by atoms with E-state index in [-0.39, 0.29) is 30.0 Å². The summed E-state index contributed by atoms with van der Waals surface area (Å²) in [6.45, 7) is 5.00. The standard InChI is InChI=1S/C13H23N3O3/c1-8(2)16-7-9(5-12(16)17)15-13(18)11-4-3-10(6-14)19-11/h8-11H,3-7,14H2,1-2H3,(H,15,18)/t9?,10-,11+/m1/s1. The molecule has 3 N–H and O–H groups in total. The third kappa shape index (κ3) is 3.25. The Bertz CT molecular complexity index is 359. The Labute approximate surface area is 113 Å². The molecular weight excluding hydrogens is 246 g/mol. The molecule has 2 heterocycles. The molecule has 2 aliphatic rings. The van der Waals surface area contributed by atoms with Crippen molar-refractivity contribution in [2.75, 3.05) is 13.1 Å². The van der Waals surface area contributed by atoms with Crippen molar-refractivity contribution in [2.24, 2.45) is 5.73 Å². The highest BCUT2D eigenvalue weighted by Crippen LogP contribution is 2.20. The third-order valence-corrected chi connectivity index (χ3v) is 3.79. The molecule has 2 fully saturated rings. The molecule has 0 saturated carbocycles. The molecule has 0 aromatic heterocycles. The number of hydrogen-bond acceptors (Lipinski definition) is 4. The van der Waals surface area contributed by atoms with Crippen LogP contribution in [-0.4, -0.2) is 54.1 Å². The quantitative estimate of drug-likeness (QED) is 0.728. The van der Waals surface area contributed by atoms with Gasteiger partial charge in [0.15, 0.2) is 0 Å². The summed E-state index contributed by atoms with van der Waals surface area (Å²) in [5, 5.41) is 2.91. The van der Waals surface area contributed by atoms with E-state index in [1.165, 1.54) is 0 Å². The van der Waals surface area contributed by atoms with Crippen LogP contribution in [0.5, 0.6) is 0 Å². The maximum atomic E-state index is 12.0. The first-order valence-electron chi connectivity index (χ1n) is 6.96. The lowest BCUT2D eigenvalue weighted by atomic mass is 10.1. The second-order valence-corrected chi connectivity index (χ2v) is 5.61. The van der Waals surface area contributed by atoms with E-state index in [9.17, 15) is 9.59 Å². The number of nitrogens with two attached hydrogens (primary N) is 1. The molecule has 6 heteroatoms. The van der Waals surface area contributed by atoms with Gasteiger partial charge in [-0.25, -0.2) is 0 Å². The zero-order valence-corrected chi connectivity index (χ0v) is 11.6. The lowest BCUT2D eigenvalue weighted by Crippen LogP contribution is -2.43. The summed E-state index contributed by atoms with van der Waals surface area (Å²) < 4.78 is 5.55. The monoisotopic (exact) mass is 269 g/mol. The maximum Gasteiger partial charge on any atom is 0.249 e. The Morgan fingerprint density at radius 2 is 2.26 bits per heavy atom. The van der Waals surface area contributed by atoms with Gasteiger partial charge in [0.1, 0.15) is 6.10 Å². The van der Waals surface area contributed by atoms with Gasteiger partial charge >= 0.3 is 0 Å². The van der Waals surface area contributed by atoms with Crippen molar-refractivity contribution in [3.63, 3.8) is 0 Å². The van der Waals surface area contributed by atoms with Crippen LogP contribution in [0.15, 0.2) is 0 Å². The smallest absolute Gasteiger partial charge is 0.249 e. The van der Waals surface area contributed by atoms with Gasteiger partial charge in [0, 0.05) is 25.6 Å². The Morgan fingerprint density at radius 3 is 2.79 bits per heavy atom. The van der Waals surface area contributed by atoms with E-state index in [1.54, 1.807) is 4.90 Å². The second kappa shape index (κ2) is 5.88. The van der Waals surface area contributed by atoms with Crippen molar-refractivity contribution in [2.45, 2.75) is 57.4 Å². The molecule has 2 amide bonds. The SMILES string of the molecule is CC(C)N1CC(NC(=O)[C@@H]2CC[C@H](CN)O2)CC1=O. The molecule has 3 atom stereocenters. The molecule has 0 radical (unpaired) electrons. The van der Waals surface area contributed by atoms with Gasteiger partial charge in [-0.05, 0) is 26.7 Å². The van der Waals surface area contributed by atoms with E-state index in [2.05, 4.69) is 5.32 Å². The van der Waals surface area contributed by atoms with Crippen LogP contribution in [0.25, 0.3) is 0 Å². The number of ether oxygens (including phenoxy) is 1. The van der Waals surface area contributed by atoms with Crippen LogP contribution in [-0.2, 0) is 14.3 Å². The number of likely N-dealkylation sites (tertiary alicyclic amines) is 1. The van der Waals surface area contributed by atoms with E-state index in [0.29, 0.717) is 25.9 Å². The Kier molecular flexibility index (Phi) is 4.42. The minimum Gasteiger partial charge on any atom is -0.364 e. The van der Waals surface area contributed by atoms with Gasteiger partial charge in [0.25, 0.3) is 0 Å². The predicted molar refractivity (Wildman–Crippen MR) is 70.3 cm³/mol. The van der Waals surface area contributed by atoms with Gasteiger partial charge in [-0.2, -0.15) is 0 Å². The van der Waals surface area contributed by atoms with Crippen LogP contribution >= 0.6 is 0 Å². The summed E-state index contributed by atoms with van der Waals surface area (Å²) in [5.41, 5.74) is 5.52. The molecular formula is C13H23N3O3. The Balaban J connectivity index is 1.82. The summed E-state index contributed by atoms with van der Waals surface area (Å²) in [7, 11) is 0. The summed E-state index contributed by atoms with van der Waals surface area (Å²) >= 11 is 0. The zero-order chi connectivity index (χ0) is 14.0. The van der Waals surface area contributed by atoms with Crippen molar-refractivity contribution in [1.29, 1.82) is 0 Å². The van der Waals surface area contributed by atoms with E-state index in [4.69, 9.17) is 10.5 Å². The van der Waals surface area contributed by atoms with Crippen LogP contribution in [0.3, 0.4) is 0 Å². The number of carbonyl (C=O) groups excluding carboxylic acids is 2. The first kappa shape index (κ1) is 14.3. The molecule has 19 heavy (non-hydrogen) atoms. The fourth-order valence-corrected chi connectivity index (χ4v) is 2.69. The molecule has 2 aliphatic heterocycles. The van der Waals surface area contributed by atoms with E-state index in [1.807, 2.05) is 13.8 Å². The summed E-state index contributed by atoms with van der Waals surface area (Å²) in [6.07, 6.45) is 1.51. The number of nitrogens with one attached hydrogen (secondary N) is 1. The zero-order valence-electron chi connectivity index (χ0n) is 11.6. The lowest BCUT2D eigenvalue weighted by Gasteiger charge is -2.21. The third-order valence-electron chi connectivity index (χ3n) is 3.79. The van der Waals surface area contributed by atoms with E-state index in [0.717, 1.165) is 6.42 Å². The minimum absolute atomic E-state index is 0.00637. The Morgan fingerprint density at radius 1 is 1.53 bits per heavy atom. The van der Waals surface area contributed by atoms with Gasteiger partial charge in [-0.3, -0.25) is 9.59 Å². The van der Waals surface area contributed by atoms with Crippen molar-refractivity contribution in [1.82, 2.24) is 10.2 Å². The molecule has 2 rings (SSSR count). The van der Waals surface area contributed by atoms with Crippen LogP contribution in [0, 0.1) is 0 Å². The van der Waals surface area contributed by atoms with Gasteiger partial charge in [-0.15, -0.1) is 0 Å². The maximum absolute atomic E-state index is 12.0. The molecule has 6 nitrogen and oxygen atoms in total. The van der Waals surface area contributed by atoms with Crippen LogP contribution in [0.2, 0.25) is 0 Å². The highest BCUT2D eigenvalue weighted by molar-refractivity contribution is 5.84. The highest BCUT2D eigenvalue weighted by Gasteiger charge is 2.35. The summed E-state index contributed by atoms with van der Waals surface area (Å²) in [4.78, 5) is 25.6. The topological polar surface area (TPSA) is 84.7 Å². The summed E-state index contributed by atoms with van der Waals surface area (Å²) in [6, 6.07) is 0.0849. The molecule has 108 valence electrons. The molecule has 2 saturated heterocycles. The van der Waals surface area contributed by atoms with Crippen LogP contribution in [0.4, 0.5) is 0 Å². The average Bonchev–Trinajstić information content (AvgIpc) is 2.95. The largest absolute Gasteiger partial charge is 0.364 e. The van der Waals surface area contributed by atoms with E-state index >= 15 is 0 Å². The first-order chi connectivity index (χ1) is 9.01. The molecule has 1 unspecified atom stereocenters. The second-order valence-electron chi connectivity index (χ2n) is 5.61. The Hall–Kier alpha value is -1.14. The molecule has 0 aromatic rings. The molecule has 0 aliphatic carbocycles. The van der Waals surface area contributed by atoms with Crippen molar-refractivity contribution < 1.29 is 14.3 Å². The molecule has 0 bridgehead atoms. The van der Waals surface area contributed by atoms with Crippen molar-refractivity contribution >= 4 is 11.8 Å². The number of carbonyl (C=O) groups is 2. The molecule has 0 spiro atoms. The number of rotatable bonds is 4. The highest BCUT2D eigenvalue weighted by atomic mass is 16.5. The van der Waals surface area contributed by atoms with Gasteiger partial charge in [0.05, 0.1) is 12.1 Å². The van der Waals surface area contributed by atoms with Gasteiger partial charge in [-0.1, -0.05) is 0 Å². The van der Waals surface area contributed by atoms with Crippen LogP contribution in [0.1, 0.15) is 33.1 Å². The fourth-order valence-electron chi connectivity index (χ4n) is 2.69. The average molecular weight is 269 g/mol. The lowest BCUT2D eigenvalue weighted by molar-refractivity contribution is -0.132. The van der Waals surface area contributed by atoms with Crippen molar-refractivity contribution in [3.05, 3.63) is 0 Å². The summed E-state index contributed by atoms with van der Waals surface area (Å²) in [5.74, 6) is -0.00756. The van der Waals surface area contributed by atoms with Crippen molar-refractivity contribution in [3.8, 4) is 0 Å². The van der Waals surface area contributed by atoms with Gasteiger partial charge in [0.2, 0.25) is 11.8 Å². The van der Waals surface area contributed by atoms with E-state index < -0.39 is 6.10 Å². The number of amides is 2. The molecule has 0 aromatic carbocycles. The van der Waals surface area contributed by atoms with Crippen LogP contribution < -0.4 is 11.1 Å².